The molecule has 0 bridgehead atoms. The van der Waals surface area contributed by atoms with Crippen LogP contribution in [0.3, 0.4) is 0 Å². The van der Waals surface area contributed by atoms with Gasteiger partial charge < -0.3 is 5.32 Å². The third kappa shape index (κ3) is 3.17. The fraction of sp³-hybridized carbons (Fsp3) is 0.250. The van der Waals surface area contributed by atoms with E-state index in [0.29, 0.717) is 17.3 Å². The Bertz CT molecular complexity index is 513. The summed E-state index contributed by atoms with van der Waals surface area (Å²) in [7, 11) is 0. The lowest BCUT2D eigenvalue weighted by atomic mass is 10.3. The molecule has 1 heterocycles. The highest BCUT2D eigenvalue weighted by Gasteiger charge is 2.04. The van der Waals surface area contributed by atoms with Gasteiger partial charge in [-0.1, -0.05) is 18.5 Å². The van der Waals surface area contributed by atoms with Gasteiger partial charge in [-0.25, -0.2) is 9.37 Å². The number of rotatable bonds is 4. The number of nitrogens with one attached hydrogen (secondary N) is 1. The fourth-order valence-corrected chi connectivity index (χ4v) is 2.33. The summed E-state index contributed by atoms with van der Waals surface area (Å²) in [6.45, 7) is 2.57. The predicted octanol–water partition coefficient (Wildman–Crippen LogP) is 4.11. The Morgan fingerprint density at radius 1 is 1.47 bits per heavy atom. The number of halogens is 2. The summed E-state index contributed by atoms with van der Waals surface area (Å²) in [5.74, 6) is -0.305. The number of nitrogens with zero attached hydrogens (tertiary/aromatic N) is 1. The number of anilines is 1. The number of aromatic nitrogens is 1. The van der Waals surface area contributed by atoms with Gasteiger partial charge in [0.05, 0.1) is 22.9 Å². The first-order chi connectivity index (χ1) is 8.19. The van der Waals surface area contributed by atoms with E-state index in [4.69, 9.17) is 11.6 Å². The van der Waals surface area contributed by atoms with Crippen LogP contribution in [0, 0.1) is 5.82 Å². The molecule has 0 fully saturated rings. The van der Waals surface area contributed by atoms with E-state index in [0.717, 1.165) is 17.1 Å². The summed E-state index contributed by atoms with van der Waals surface area (Å²) in [6, 6.07) is 4.45. The average Bonchev–Trinajstić information content (AvgIpc) is 2.78. The second-order valence-electron chi connectivity index (χ2n) is 3.56. The van der Waals surface area contributed by atoms with Gasteiger partial charge in [0, 0.05) is 10.4 Å². The Balaban J connectivity index is 2.04. The highest BCUT2D eigenvalue weighted by molar-refractivity contribution is 7.09. The molecule has 0 saturated carbocycles. The number of thiazole rings is 1. The smallest absolute Gasteiger partial charge is 0.146 e. The average molecular weight is 271 g/mol. The molecular formula is C12H12ClFN2S. The molecule has 90 valence electrons. The van der Waals surface area contributed by atoms with E-state index in [1.807, 2.05) is 5.38 Å². The standard InChI is InChI=1S/C12H12ClFN2S/c1-2-12-16-9(7-17-12)6-15-11-5-8(13)3-4-10(11)14/h3-5,7,15H,2,6H2,1H3. The van der Waals surface area contributed by atoms with Crippen LogP contribution in [0.15, 0.2) is 23.6 Å². The molecule has 0 atom stereocenters. The summed E-state index contributed by atoms with van der Waals surface area (Å²) >= 11 is 7.43. The molecule has 0 amide bonds. The lowest BCUT2D eigenvalue weighted by Gasteiger charge is -2.06. The van der Waals surface area contributed by atoms with Crippen molar-refractivity contribution < 1.29 is 4.39 Å². The van der Waals surface area contributed by atoms with Crippen molar-refractivity contribution in [3.63, 3.8) is 0 Å². The number of hydrogen-bond donors (Lipinski definition) is 1. The predicted molar refractivity (Wildman–Crippen MR) is 70.2 cm³/mol. The molecule has 1 aromatic heterocycles. The van der Waals surface area contributed by atoms with Crippen LogP contribution in [0.25, 0.3) is 0 Å². The molecule has 0 unspecified atom stereocenters. The third-order valence-electron chi connectivity index (χ3n) is 2.29. The van der Waals surface area contributed by atoms with Gasteiger partial charge in [-0.05, 0) is 24.6 Å². The molecule has 2 aromatic rings. The van der Waals surface area contributed by atoms with Crippen molar-refractivity contribution in [2.45, 2.75) is 19.9 Å². The minimum atomic E-state index is -0.305. The van der Waals surface area contributed by atoms with Crippen molar-refractivity contribution >= 4 is 28.6 Å². The Hall–Kier alpha value is -1.13. The summed E-state index contributed by atoms with van der Waals surface area (Å²) in [5, 5.41) is 6.58. The quantitative estimate of drug-likeness (QED) is 0.904. The van der Waals surface area contributed by atoms with Crippen LogP contribution in [0.2, 0.25) is 5.02 Å². The maximum absolute atomic E-state index is 13.4. The molecular weight excluding hydrogens is 259 g/mol. The van der Waals surface area contributed by atoms with Crippen molar-refractivity contribution in [1.82, 2.24) is 4.98 Å². The van der Waals surface area contributed by atoms with Crippen molar-refractivity contribution in [3.8, 4) is 0 Å². The zero-order valence-electron chi connectivity index (χ0n) is 9.34. The van der Waals surface area contributed by atoms with Crippen LogP contribution in [0.4, 0.5) is 10.1 Å². The van der Waals surface area contributed by atoms with E-state index < -0.39 is 0 Å². The maximum Gasteiger partial charge on any atom is 0.146 e. The second-order valence-corrected chi connectivity index (χ2v) is 4.94. The number of benzene rings is 1. The van der Waals surface area contributed by atoms with E-state index in [2.05, 4.69) is 17.2 Å². The normalized spacial score (nSPS) is 10.5. The van der Waals surface area contributed by atoms with Gasteiger partial charge in [-0.15, -0.1) is 11.3 Å². The van der Waals surface area contributed by atoms with E-state index in [1.165, 1.54) is 12.1 Å². The van der Waals surface area contributed by atoms with Gasteiger partial charge in [0.2, 0.25) is 0 Å². The lowest BCUT2D eigenvalue weighted by molar-refractivity contribution is 0.630. The number of hydrogen-bond acceptors (Lipinski definition) is 3. The molecule has 5 heteroatoms. The molecule has 0 aliphatic heterocycles. The van der Waals surface area contributed by atoms with Crippen LogP contribution >= 0.6 is 22.9 Å². The molecule has 0 aliphatic carbocycles. The molecule has 1 N–H and O–H groups in total. The Labute approximate surface area is 108 Å². The zero-order chi connectivity index (χ0) is 12.3. The second kappa shape index (κ2) is 5.47. The number of aryl methyl sites for hydroxylation is 1. The van der Waals surface area contributed by atoms with Gasteiger partial charge in [-0.2, -0.15) is 0 Å². The molecule has 0 radical (unpaired) electrons. The van der Waals surface area contributed by atoms with E-state index in [9.17, 15) is 4.39 Å². The van der Waals surface area contributed by atoms with E-state index >= 15 is 0 Å². The third-order valence-corrected chi connectivity index (χ3v) is 3.57. The zero-order valence-corrected chi connectivity index (χ0v) is 10.9. The highest BCUT2D eigenvalue weighted by Crippen LogP contribution is 2.20. The van der Waals surface area contributed by atoms with Crippen molar-refractivity contribution in [3.05, 3.63) is 45.1 Å². The first kappa shape index (κ1) is 12.3. The fourth-order valence-electron chi connectivity index (χ4n) is 1.41. The first-order valence-electron chi connectivity index (χ1n) is 5.31. The van der Waals surface area contributed by atoms with Crippen LogP contribution < -0.4 is 5.32 Å². The van der Waals surface area contributed by atoms with E-state index in [1.54, 1.807) is 17.4 Å². The van der Waals surface area contributed by atoms with Crippen molar-refractivity contribution in [2.24, 2.45) is 0 Å². The lowest BCUT2D eigenvalue weighted by Crippen LogP contribution is -2.01. The summed E-state index contributed by atoms with van der Waals surface area (Å²) in [6.07, 6.45) is 0.927. The maximum atomic E-state index is 13.4. The molecule has 2 nitrogen and oxygen atoms in total. The van der Waals surface area contributed by atoms with Crippen LogP contribution in [0.1, 0.15) is 17.6 Å². The molecule has 0 spiro atoms. The summed E-state index contributed by atoms with van der Waals surface area (Å²) < 4.78 is 13.4. The SMILES string of the molecule is CCc1nc(CNc2cc(Cl)ccc2F)cs1. The monoisotopic (exact) mass is 270 g/mol. The van der Waals surface area contributed by atoms with Gasteiger partial charge in [0.25, 0.3) is 0 Å². The van der Waals surface area contributed by atoms with Crippen LogP contribution in [0.5, 0.6) is 0 Å². The van der Waals surface area contributed by atoms with Crippen molar-refractivity contribution in [1.29, 1.82) is 0 Å². The largest absolute Gasteiger partial charge is 0.377 e. The Morgan fingerprint density at radius 3 is 3.00 bits per heavy atom. The molecule has 1 aromatic carbocycles. The Morgan fingerprint density at radius 2 is 2.29 bits per heavy atom. The minimum Gasteiger partial charge on any atom is -0.377 e. The van der Waals surface area contributed by atoms with Crippen LogP contribution in [-0.4, -0.2) is 4.98 Å². The first-order valence-corrected chi connectivity index (χ1v) is 6.57. The van der Waals surface area contributed by atoms with Gasteiger partial charge >= 0.3 is 0 Å². The van der Waals surface area contributed by atoms with Crippen molar-refractivity contribution in [2.75, 3.05) is 5.32 Å². The Kier molecular flexibility index (Phi) is 3.97. The van der Waals surface area contributed by atoms with Gasteiger partial charge in [-0.3, -0.25) is 0 Å². The highest BCUT2D eigenvalue weighted by atomic mass is 35.5. The molecule has 0 aliphatic rings. The molecule has 17 heavy (non-hydrogen) atoms. The minimum absolute atomic E-state index is 0.305. The van der Waals surface area contributed by atoms with Gasteiger partial charge in [0.1, 0.15) is 5.82 Å². The van der Waals surface area contributed by atoms with Crippen LogP contribution in [-0.2, 0) is 13.0 Å². The van der Waals surface area contributed by atoms with E-state index in [-0.39, 0.29) is 5.82 Å². The molecule has 0 saturated heterocycles. The molecule has 2 rings (SSSR count). The topological polar surface area (TPSA) is 24.9 Å². The summed E-state index contributed by atoms with van der Waals surface area (Å²) in [4.78, 5) is 4.40. The van der Waals surface area contributed by atoms with Gasteiger partial charge in [0.15, 0.2) is 0 Å². The summed E-state index contributed by atoms with van der Waals surface area (Å²) in [5.41, 5.74) is 1.33.